The van der Waals surface area contributed by atoms with E-state index < -0.39 is 0 Å². The maximum Gasteiger partial charge on any atom is 0.0666 e. The Morgan fingerprint density at radius 2 is 2.44 bits per heavy atom. The highest BCUT2D eigenvalue weighted by Gasteiger charge is 2.31. The summed E-state index contributed by atoms with van der Waals surface area (Å²) in [5.74, 6) is 0. The molecule has 2 rings (SSSR count). The fourth-order valence-electron chi connectivity index (χ4n) is 2.55. The zero-order valence-electron chi connectivity index (χ0n) is 11.8. The van der Waals surface area contributed by atoms with Gasteiger partial charge in [0.15, 0.2) is 0 Å². The summed E-state index contributed by atoms with van der Waals surface area (Å²) in [5.41, 5.74) is 1.23. The number of rotatable bonds is 5. The van der Waals surface area contributed by atoms with E-state index in [0.717, 1.165) is 44.5 Å². The van der Waals surface area contributed by atoms with Gasteiger partial charge in [0.2, 0.25) is 0 Å². The summed E-state index contributed by atoms with van der Waals surface area (Å²) < 4.78 is 7.72. The molecule has 1 aliphatic rings. The van der Waals surface area contributed by atoms with Gasteiger partial charge in [0, 0.05) is 38.9 Å². The number of nitrogens with one attached hydrogen (secondary N) is 1. The van der Waals surface area contributed by atoms with Crippen molar-refractivity contribution in [2.45, 2.75) is 51.2 Å². The van der Waals surface area contributed by atoms with Crippen molar-refractivity contribution in [1.29, 1.82) is 0 Å². The second-order valence-corrected chi connectivity index (χ2v) is 5.53. The first-order valence-corrected chi connectivity index (χ1v) is 6.97. The lowest BCUT2D eigenvalue weighted by Gasteiger charge is -2.38. The second kappa shape index (κ2) is 5.85. The maximum atomic E-state index is 5.86. The molecule has 0 spiro atoms. The van der Waals surface area contributed by atoms with Crippen LogP contribution in [0.25, 0.3) is 0 Å². The summed E-state index contributed by atoms with van der Waals surface area (Å²) in [6, 6.07) is 2.68. The van der Waals surface area contributed by atoms with E-state index >= 15 is 0 Å². The van der Waals surface area contributed by atoms with Gasteiger partial charge < -0.3 is 10.1 Å². The van der Waals surface area contributed by atoms with Crippen molar-refractivity contribution in [3.8, 4) is 0 Å². The maximum absolute atomic E-state index is 5.86. The fourth-order valence-corrected chi connectivity index (χ4v) is 2.55. The zero-order chi connectivity index (χ0) is 13.0. The van der Waals surface area contributed by atoms with E-state index in [2.05, 4.69) is 30.3 Å². The first-order valence-electron chi connectivity index (χ1n) is 6.97. The van der Waals surface area contributed by atoms with E-state index in [9.17, 15) is 0 Å². The SMILES string of the molecule is CCC1(C)CC(NCCc2ccn(C)n2)CCO1. The molecule has 0 saturated carbocycles. The number of aryl methyl sites for hydroxylation is 1. The van der Waals surface area contributed by atoms with E-state index in [1.165, 1.54) is 0 Å². The summed E-state index contributed by atoms with van der Waals surface area (Å²) >= 11 is 0. The van der Waals surface area contributed by atoms with Crippen LogP contribution in [-0.4, -0.2) is 34.6 Å². The van der Waals surface area contributed by atoms with Crippen LogP contribution in [0.3, 0.4) is 0 Å². The summed E-state index contributed by atoms with van der Waals surface area (Å²) in [5, 5.41) is 8.03. The van der Waals surface area contributed by atoms with Crippen molar-refractivity contribution in [3.63, 3.8) is 0 Å². The standard InChI is InChI=1S/C14H25N3O/c1-4-14(2)11-13(7-10-18-14)15-8-5-12-6-9-17(3)16-12/h6,9,13,15H,4-5,7-8,10-11H2,1-3H3. The van der Waals surface area contributed by atoms with Crippen LogP contribution in [-0.2, 0) is 18.2 Å². The molecule has 102 valence electrons. The van der Waals surface area contributed by atoms with Crippen LogP contribution in [0.2, 0.25) is 0 Å². The number of ether oxygens (including phenoxy) is 1. The lowest BCUT2D eigenvalue weighted by Crippen LogP contribution is -2.45. The highest BCUT2D eigenvalue weighted by Crippen LogP contribution is 2.27. The van der Waals surface area contributed by atoms with E-state index in [1.54, 1.807) is 0 Å². The molecule has 0 bridgehead atoms. The van der Waals surface area contributed by atoms with Crippen LogP contribution >= 0.6 is 0 Å². The first-order chi connectivity index (χ1) is 8.61. The quantitative estimate of drug-likeness (QED) is 0.868. The molecular weight excluding hydrogens is 226 g/mol. The third-order valence-corrected chi connectivity index (χ3v) is 3.93. The molecule has 4 nitrogen and oxygen atoms in total. The summed E-state index contributed by atoms with van der Waals surface area (Å²) in [6.07, 6.45) is 6.33. The van der Waals surface area contributed by atoms with Gasteiger partial charge in [0.05, 0.1) is 11.3 Å². The lowest BCUT2D eigenvalue weighted by atomic mass is 9.90. The summed E-state index contributed by atoms with van der Waals surface area (Å²) in [6.45, 7) is 6.31. The predicted octanol–water partition coefficient (Wildman–Crippen LogP) is 1.90. The largest absolute Gasteiger partial charge is 0.375 e. The molecule has 4 heteroatoms. The third-order valence-electron chi connectivity index (χ3n) is 3.93. The molecule has 2 unspecified atom stereocenters. The van der Waals surface area contributed by atoms with Crippen molar-refractivity contribution in [2.75, 3.05) is 13.2 Å². The number of aromatic nitrogens is 2. The molecule has 0 radical (unpaired) electrons. The van der Waals surface area contributed by atoms with E-state index in [-0.39, 0.29) is 5.60 Å². The van der Waals surface area contributed by atoms with Crippen molar-refractivity contribution < 1.29 is 4.74 Å². The van der Waals surface area contributed by atoms with Gasteiger partial charge in [-0.25, -0.2) is 0 Å². The second-order valence-electron chi connectivity index (χ2n) is 5.53. The van der Waals surface area contributed by atoms with Crippen LogP contribution in [0, 0.1) is 0 Å². The molecule has 18 heavy (non-hydrogen) atoms. The average molecular weight is 251 g/mol. The van der Waals surface area contributed by atoms with Gasteiger partial charge in [0.1, 0.15) is 0 Å². The van der Waals surface area contributed by atoms with Crippen molar-refractivity contribution >= 4 is 0 Å². The normalized spacial score (nSPS) is 28.5. The number of hydrogen-bond donors (Lipinski definition) is 1. The minimum Gasteiger partial charge on any atom is -0.375 e. The highest BCUT2D eigenvalue weighted by molar-refractivity contribution is 4.99. The molecule has 1 saturated heterocycles. The molecular formula is C14H25N3O. The molecule has 0 aromatic carbocycles. The molecule has 2 heterocycles. The monoisotopic (exact) mass is 251 g/mol. The lowest BCUT2D eigenvalue weighted by molar-refractivity contribution is -0.0778. The third kappa shape index (κ3) is 3.56. The van der Waals surface area contributed by atoms with Crippen molar-refractivity contribution in [2.24, 2.45) is 7.05 Å². The average Bonchev–Trinajstić information content (AvgIpc) is 2.75. The Morgan fingerprint density at radius 1 is 1.61 bits per heavy atom. The molecule has 2 atom stereocenters. The molecule has 1 fully saturated rings. The molecule has 1 aromatic heterocycles. The van der Waals surface area contributed by atoms with Crippen LogP contribution < -0.4 is 5.32 Å². The van der Waals surface area contributed by atoms with Crippen LogP contribution in [0.4, 0.5) is 0 Å². The Balaban J connectivity index is 1.73. The number of hydrogen-bond acceptors (Lipinski definition) is 3. The van der Waals surface area contributed by atoms with Crippen molar-refractivity contribution in [1.82, 2.24) is 15.1 Å². The van der Waals surface area contributed by atoms with E-state index in [4.69, 9.17) is 4.74 Å². The summed E-state index contributed by atoms with van der Waals surface area (Å²) in [4.78, 5) is 0. The van der Waals surface area contributed by atoms with Crippen LogP contribution in [0.15, 0.2) is 12.3 Å². The minimum atomic E-state index is 0.0704. The summed E-state index contributed by atoms with van der Waals surface area (Å²) in [7, 11) is 1.96. The minimum absolute atomic E-state index is 0.0704. The molecule has 1 aliphatic heterocycles. The van der Waals surface area contributed by atoms with Crippen LogP contribution in [0.1, 0.15) is 38.8 Å². The Labute approximate surface area is 110 Å². The fraction of sp³-hybridized carbons (Fsp3) is 0.786. The molecule has 1 aromatic rings. The Kier molecular flexibility index (Phi) is 4.40. The molecule has 1 N–H and O–H groups in total. The smallest absolute Gasteiger partial charge is 0.0666 e. The van der Waals surface area contributed by atoms with Gasteiger partial charge in [-0.2, -0.15) is 5.10 Å². The predicted molar refractivity (Wildman–Crippen MR) is 72.6 cm³/mol. The van der Waals surface area contributed by atoms with Gasteiger partial charge in [0.25, 0.3) is 0 Å². The Morgan fingerprint density at radius 3 is 3.11 bits per heavy atom. The Bertz CT molecular complexity index is 377. The van der Waals surface area contributed by atoms with Crippen molar-refractivity contribution in [3.05, 3.63) is 18.0 Å². The Hall–Kier alpha value is -0.870. The van der Waals surface area contributed by atoms with Gasteiger partial charge in [-0.05, 0) is 32.3 Å². The van der Waals surface area contributed by atoms with Gasteiger partial charge in [-0.1, -0.05) is 6.92 Å². The zero-order valence-corrected chi connectivity index (χ0v) is 11.8. The first kappa shape index (κ1) is 13.6. The van der Waals surface area contributed by atoms with E-state index in [1.807, 2.05) is 17.9 Å². The highest BCUT2D eigenvalue weighted by atomic mass is 16.5. The molecule has 0 amide bonds. The van der Waals surface area contributed by atoms with Gasteiger partial charge in [-0.15, -0.1) is 0 Å². The number of nitrogens with zero attached hydrogens (tertiary/aromatic N) is 2. The van der Waals surface area contributed by atoms with Crippen LogP contribution in [0.5, 0.6) is 0 Å². The van der Waals surface area contributed by atoms with Gasteiger partial charge in [-0.3, -0.25) is 4.68 Å². The van der Waals surface area contributed by atoms with Gasteiger partial charge >= 0.3 is 0 Å². The molecule has 0 aliphatic carbocycles. The van der Waals surface area contributed by atoms with E-state index in [0.29, 0.717) is 6.04 Å². The topological polar surface area (TPSA) is 39.1 Å².